The van der Waals surface area contributed by atoms with Crippen molar-refractivity contribution in [3.8, 4) is 28.7 Å². The molecule has 0 aliphatic carbocycles. The van der Waals surface area contributed by atoms with Gasteiger partial charge in [-0.2, -0.15) is 5.26 Å². The van der Waals surface area contributed by atoms with Crippen molar-refractivity contribution < 1.29 is 13.9 Å². The second kappa shape index (κ2) is 8.15. The fourth-order valence-corrected chi connectivity index (χ4v) is 3.06. The highest BCUT2D eigenvalue weighted by Gasteiger charge is 2.18. The van der Waals surface area contributed by atoms with E-state index in [-0.39, 0.29) is 17.2 Å². The molecule has 1 aromatic heterocycles. The minimum atomic E-state index is -0.479. The van der Waals surface area contributed by atoms with Crippen molar-refractivity contribution in [2.75, 3.05) is 7.11 Å². The van der Waals surface area contributed by atoms with Crippen molar-refractivity contribution in [3.63, 3.8) is 0 Å². The topological polar surface area (TPSA) is 75.1 Å². The van der Waals surface area contributed by atoms with E-state index in [1.165, 1.54) is 25.3 Å². The molecular weight excluding hydrogens is 383 g/mol. The summed E-state index contributed by atoms with van der Waals surface area (Å²) in [5.41, 5.74) is 1.65. The number of pyridine rings is 1. The molecule has 0 spiro atoms. The molecule has 7 heteroatoms. The summed E-state index contributed by atoms with van der Waals surface area (Å²) in [5, 5.41) is 9.68. The average molecular weight is 399 g/mol. The minimum absolute atomic E-state index is 0.0245. The van der Waals surface area contributed by atoms with Gasteiger partial charge in [-0.15, -0.1) is 0 Å². The summed E-state index contributed by atoms with van der Waals surface area (Å²) in [4.78, 5) is 14.8. The van der Waals surface area contributed by atoms with E-state index in [0.717, 1.165) is 0 Å². The fraction of sp³-hybridized carbons (Fsp3) is 0.143. The van der Waals surface area contributed by atoms with Gasteiger partial charge in [0.2, 0.25) is 0 Å². The smallest absolute Gasteiger partial charge is 0.266 e. The predicted molar refractivity (Wildman–Crippen MR) is 104 cm³/mol. The first-order valence-electron chi connectivity index (χ1n) is 8.32. The van der Waals surface area contributed by atoms with Crippen LogP contribution in [0.3, 0.4) is 0 Å². The molecule has 0 saturated heterocycles. The molecule has 0 aliphatic heterocycles. The highest BCUT2D eigenvalue weighted by atomic mass is 35.5. The number of hydrogen-bond acceptors (Lipinski definition) is 4. The van der Waals surface area contributed by atoms with Crippen molar-refractivity contribution >= 4 is 11.6 Å². The Balaban J connectivity index is 2.10. The number of hydrogen-bond donors (Lipinski definition) is 1. The molecule has 3 rings (SSSR count). The number of methoxy groups -OCH3 is 1. The van der Waals surface area contributed by atoms with Gasteiger partial charge in [0.05, 0.1) is 12.1 Å². The van der Waals surface area contributed by atoms with Crippen molar-refractivity contribution in [3.05, 3.63) is 80.5 Å². The molecule has 0 atom stereocenters. The van der Waals surface area contributed by atoms with Gasteiger partial charge in [0.25, 0.3) is 5.56 Å². The van der Waals surface area contributed by atoms with Crippen LogP contribution in [0.4, 0.5) is 4.39 Å². The number of aromatic amines is 1. The largest absolute Gasteiger partial charge is 0.493 e. The Labute approximate surface area is 165 Å². The number of aryl methyl sites for hydroxylation is 1. The van der Waals surface area contributed by atoms with E-state index in [0.29, 0.717) is 33.9 Å². The minimum Gasteiger partial charge on any atom is -0.493 e. The number of ether oxygens (including phenoxy) is 2. The van der Waals surface area contributed by atoms with Crippen LogP contribution in [-0.4, -0.2) is 12.1 Å². The zero-order valence-electron chi connectivity index (χ0n) is 15.2. The summed E-state index contributed by atoms with van der Waals surface area (Å²) in [6, 6.07) is 12.9. The van der Waals surface area contributed by atoms with Gasteiger partial charge in [-0.1, -0.05) is 29.8 Å². The third-order valence-corrected chi connectivity index (χ3v) is 4.51. The molecule has 0 saturated carbocycles. The van der Waals surface area contributed by atoms with E-state index in [1.54, 1.807) is 31.2 Å². The van der Waals surface area contributed by atoms with Gasteiger partial charge >= 0.3 is 0 Å². The number of para-hydroxylation sites is 1. The normalized spacial score (nSPS) is 10.4. The van der Waals surface area contributed by atoms with E-state index in [4.69, 9.17) is 21.1 Å². The van der Waals surface area contributed by atoms with Crippen LogP contribution in [0, 0.1) is 24.1 Å². The van der Waals surface area contributed by atoms with E-state index >= 15 is 0 Å². The SMILES string of the molecule is COc1cccc(-c2cc(C)[nH]c(=O)c2C#N)c1OCc1ccc(F)cc1Cl. The Kier molecular flexibility index (Phi) is 5.67. The first kappa shape index (κ1) is 19.5. The number of benzene rings is 2. The Hall–Kier alpha value is -3.30. The molecule has 0 unspecified atom stereocenters. The van der Waals surface area contributed by atoms with Gasteiger partial charge in [0.15, 0.2) is 11.5 Å². The van der Waals surface area contributed by atoms with Crippen molar-refractivity contribution in [2.45, 2.75) is 13.5 Å². The standard InChI is InChI=1S/C21H16ClFN2O3/c1-12-8-16(17(10-24)21(26)25-12)15-4-3-5-19(27-2)20(15)28-11-13-6-7-14(23)9-18(13)22/h3-9H,11H2,1-2H3,(H,25,26). The molecule has 1 heterocycles. The Morgan fingerprint density at radius 3 is 2.68 bits per heavy atom. The van der Waals surface area contributed by atoms with Crippen molar-refractivity contribution in [1.82, 2.24) is 4.98 Å². The van der Waals surface area contributed by atoms with Crippen molar-refractivity contribution in [2.24, 2.45) is 0 Å². The van der Waals surface area contributed by atoms with Gasteiger partial charge in [-0.3, -0.25) is 4.79 Å². The van der Waals surface area contributed by atoms with E-state index in [2.05, 4.69) is 4.98 Å². The molecule has 142 valence electrons. The van der Waals surface area contributed by atoms with Gasteiger partial charge in [-0.25, -0.2) is 4.39 Å². The van der Waals surface area contributed by atoms with Crippen molar-refractivity contribution in [1.29, 1.82) is 5.26 Å². The van der Waals surface area contributed by atoms with Crippen LogP contribution in [0.2, 0.25) is 5.02 Å². The Morgan fingerprint density at radius 2 is 2.00 bits per heavy atom. The molecule has 2 aromatic carbocycles. The summed E-state index contributed by atoms with van der Waals surface area (Å²) < 4.78 is 24.6. The maximum absolute atomic E-state index is 13.3. The quantitative estimate of drug-likeness (QED) is 0.681. The number of H-pyrrole nitrogens is 1. The van der Waals surface area contributed by atoms with Gasteiger partial charge < -0.3 is 14.5 Å². The van der Waals surface area contributed by atoms with Crippen LogP contribution in [0.1, 0.15) is 16.8 Å². The number of nitriles is 1. The average Bonchev–Trinajstić information content (AvgIpc) is 2.66. The number of rotatable bonds is 5. The summed E-state index contributed by atoms with van der Waals surface area (Å²) in [6.07, 6.45) is 0. The maximum Gasteiger partial charge on any atom is 0.266 e. The second-order valence-corrected chi connectivity index (χ2v) is 6.45. The first-order valence-corrected chi connectivity index (χ1v) is 8.70. The zero-order chi connectivity index (χ0) is 20.3. The fourth-order valence-electron chi connectivity index (χ4n) is 2.84. The van der Waals surface area contributed by atoms with Gasteiger partial charge in [0, 0.05) is 22.4 Å². The number of halogens is 2. The number of aromatic nitrogens is 1. The molecule has 28 heavy (non-hydrogen) atoms. The Bertz CT molecular complexity index is 1140. The predicted octanol–water partition coefficient (Wildman–Crippen LogP) is 4.60. The van der Waals surface area contributed by atoms with Crippen LogP contribution >= 0.6 is 11.6 Å². The molecule has 5 nitrogen and oxygen atoms in total. The maximum atomic E-state index is 13.3. The molecule has 0 aliphatic rings. The molecule has 0 amide bonds. The molecule has 0 bridgehead atoms. The van der Waals surface area contributed by atoms with E-state index < -0.39 is 11.4 Å². The zero-order valence-corrected chi connectivity index (χ0v) is 15.9. The number of nitrogens with one attached hydrogen (secondary N) is 1. The summed E-state index contributed by atoms with van der Waals surface area (Å²) in [6.45, 7) is 1.78. The highest BCUT2D eigenvalue weighted by Crippen LogP contribution is 2.39. The third-order valence-electron chi connectivity index (χ3n) is 4.16. The summed E-state index contributed by atoms with van der Waals surface area (Å²) in [7, 11) is 1.49. The molecule has 0 fully saturated rings. The van der Waals surface area contributed by atoms with E-state index in [1.807, 2.05) is 6.07 Å². The lowest BCUT2D eigenvalue weighted by molar-refractivity contribution is 0.286. The van der Waals surface area contributed by atoms with Crippen LogP contribution in [0.15, 0.2) is 47.3 Å². The van der Waals surface area contributed by atoms with Crippen LogP contribution in [0.5, 0.6) is 11.5 Å². The molecule has 3 aromatic rings. The van der Waals surface area contributed by atoms with Crippen LogP contribution < -0.4 is 15.0 Å². The lowest BCUT2D eigenvalue weighted by Crippen LogP contribution is -2.13. The van der Waals surface area contributed by atoms with E-state index in [9.17, 15) is 14.4 Å². The lowest BCUT2D eigenvalue weighted by Gasteiger charge is -2.16. The monoisotopic (exact) mass is 398 g/mol. The molecule has 0 radical (unpaired) electrons. The summed E-state index contributed by atoms with van der Waals surface area (Å²) >= 11 is 6.08. The van der Waals surface area contributed by atoms with Crippen LogP contribution in [0.25, 0.3) is 11.1 Å². The highest BCUT2D eigenvalue weighted by molar-refractivity contribution is 6.31. The number of nitrogens with zero attached hydrogens (tertiary/aromatic N) is 1. The second-order valence-electron chi connectivity index (χ2n) is 6.04. The molecular formula is C21H16ClFN2O3. The Morgan fingerprint density at radius 1 is 1.21 bits per heavy atom. The first-order chi connectivity index (χ1) is 13.4. The third kappa shape index (κ3) is 3.85. The van der Waals surface area contributed by atoms with Gasteiger partial charge in [0.1, 0.15) is 24.1 Å². The van der Waals surface area contributed by atoms with Crippen LogP contribution in [-0.2, 0) is 6.61 Å². The summed E-state index contributed by atoms with van der Waals surface area (Å²) in [5.74, 6) is 0.342. The molecule has 1 N–H and O–H groups in total. The van der Waals surface area contributed by atoms with Gasteiger partial charge in [-0.05, 0) is 31.2 Å². The lowest BCUT2D eigenvalue weighted by atomic mass is 9.99.